The van der Waals surface area contributed by atoms with E-state index in [4.69, 9.17) is 9.47 Å². The number of nitrogens with zero attached hydrogens (tertiary/aromatic N) is 1. The molecule has 3 rings (SSSR count). The number of benzene rings is 2. The number of hydrogen-bond acceptors (Lipinski definition) is 6. The van der Waals surface area contributed by atoms with Crippen molar-refractivity contribution in [1.29, 1.82) is 0 Å². The van der Waals surface area contributed by atoms with Crippen LogP contribution in [-0.2, 0) is 21.3 Å². The van der Waals surface area contributed by atoms with Crippen molar-refractivity contribution in [3.8, 4) is 5.75 Å². The highest BCUT2D eigenvalue weighted by Crippen LogP contribution is 2.31. The summed E-state index contributed by atoms with van der Waals surface area (Å²) in [7, 11) is -0.857. The highest BCUT2D eigenvalue weighted by atomic mass is 32.2. The zero-order chi connectivity index (χ0) is 18.0. The van der Waals surface area contributed by atoms with Gasteiger partial charge in [0.2, 0.25) is 10.0 Å². The Kier molecular flexibility index (Phi) is 4.65. The monoisotopic (exact) mass is 362 g/mol. The summed E-state index contributed by atoms with van der Waals surface area (Å²) in [6, 6.07) is 11.5. The van der Waals surface area contributed by atoms with E-state index in [1.165, 1.54) is 18.5 Å². The fraction of sp³-hybridized carbons (Fsp3) is 0.235. The van der Waals surface area contributed by atoms with E-state index in [0.29, 0.717) is 22.6 Å². The zero-order valence-electron chi connectivity index (χ0n) is 13.9. The molecule has 0 saturated heterocycles. The topological polar surface area (TPSA) is 84.9 Å². The van der Waals surface area contributed by atoms with E-state index < -0.39 is 16.0 Å². The van der Waals surface area contributed by atoms with E-state index in [1.807, 2.05) is 0 Å². The molecule has 0 amide bonds. The van der Waals surface area contributed by atoms with Crippen LogP contribution >= 0.6 is 0 Å². The van der Waals surface area contributed by atoms with Crippen LogP contribution in [0.1, 0.15) is 15.9 Å². The third-order valence-electron chi connectivity index (χ3n) is 4.00. The number of rotatable bonds is 4. The molecule has 1 N–H and O–H groups in total. The van der Waals surface area contributed by atoms with Gasteiger partial charge in [0.1, 0.15) is 10.6 Å². The third-order valence-corrected chi connectivity index (χ3v) is 5.85. The van der Waals surface area contributed by atoms with E-state index in [0.717, 1.165) is 0 Å². The van der Waals surface area contributed by atoms with E-state index in [2.05, 4.69) is 5.32 Å². The Bertz CT molecular complexity index is 911. The van der Waals surface area contributed by atoms with Crippen LogP contribution in [0.25, 0.3) is 0 Å². The SMILES string of the molecule is COC(=O)c1ccc(OC)c(CN2CNc3ccccc3S2(=O)=O)c1. The van der Waals surface area contributed by atoms with Gasteiger partial charge in [-0.3, -0.25) is 0 Å². The summed E-state index contributed by atoms with van der Waals surface area (Å²) >= 11 is 0. The number of ether oxygens (including phenoxy) is 2. The molecule has 2 aromatic carbocycles. The smallest absolute Gasteiger partial charge is 0.337 e. The summed E-state index contributed by atoms with van der Waals surface area (Å²) in [5.74, 6) is 0.00980. The maximum atomic E-state index is 12.8. The minimum atomic E-state index is -3.65. The van der Waals surface area contributed by atoms with Crippen molar-refractivity contribution in [2.75, 3.05) is 26.2 Å². The molecule has 0 unspecified atom stereocenters. The van der Waals surface area contributed by atoms with Crippen molar-refractivity contribution in [3.05, 3.63) is 53.6 Å². The Morgan fingerprint density at radius 2 is 1.96 bits per heavy atom. The normalized spacial score (nSPS) is 15.8. The standard InChI is InChI=1S/C17H18N2O5S/c1-23-15-8-7-12(17(20)24-2)9-13(15)10-19-11-18-14-5-3-4-6-16(14)25(19,21)22/h3-9,18H,10-11H2,1-2H3. The van der Waals surface area contributed by atoms with Crippen molar-refractivity contribution in [2.24, 2.45) is 0 Å². The molecule has 0 radical (unpaired) electrons. The van der Waals surface area contributed by atoms with Gasteiger partial charge in [0, 0.05) is 12.1 Å². The zero-order valence-corrected chi connectivity index (χ0v) is 14.7. The molecule has 1 heterocycles. The molecule has 0 aromatic heterocycles. The van der Waals surface area contributed by atoms with Crippen LogP contribution in [0.2, 0.25) is 0 Å². The number of anilines is 1. The van der Waals surface area contributed by atoms with Gasteiger partial charge in [0.25, 0.3) is 0 Å². The molecule has 0 bridgehead atoms. The number of sulfonamides is 1. The van der Waals surface area contributed by atoms with Crippen molar-refractivity contribution in [2.45, 2.75) is 11.4 Å². The number of carbonyl (C=O) groups is 1. The number of methoxy groups -OCH3 is 2. The number of nitrogens with one attached hydrogen (secondary N) is 1. The van der Waals surface area contributed by atoms with Crippen LogP contribution in [0.5, 0.6) is 5.75 Å². The highest BCUT2D eigenvalue weighted by molar-refractivity contribution is 7.89. The maximum absolute atomic E-state index is 12.8. The van der Waals surface area contributed by atoms with Crippen LogP contribution in [0.4, 0.5) is 5.69 Å². The average molecular weight is 362 g/mol. The minimum Gasteiger partial charge on any atom is -0.496 e. The number of esters is 1. The summed E-state index contributed by atoms with van der Waals surface area (Å²) in [5.41, 5.74) is 1.49. The van der Waals surface area contributed by atoms with E-state index in [9.17, 15) is 13.2 Å². The van der Waals surface area contributed by atoms with Gasteiger partial charge >= 0.3 is 5.97 Å². The minimum absolute atomic E-state index is 0.0671. The molecule has 0 saturated carbocycles. The largest absolute Gasteiger partial charge is 0.496 e. The lowest BCUT2D eigenvalue weighted by molar-refractivity contribution is 0.0600. The first-order valence-electron chi connectivity index (χ1n) is 7.55. The summed E-state index contributed by atoms with van der Waals surface area (Å²) in [5, 5.41) is 3.09. The second kappa shape index (κ2) is 6.73. The lowest BCUT2D eigenvalue weighted by Gasteiger charge is -2.29. The molecule has 0 aliphatic carbocycles. The molecule has 2 aromatic rings. The van der Waals surface area contributed by atoms with Crippen LogP contribution in [0, 0.1) is 0 Å². The molecule has 8 heteroatoms. The Morgan fingerprint density at radius 3 is 2.68 bits per heavy atom. The number of para-hydroxylation sites is 1. The Balaban J connectivity index is 1.96. The quantitative estimate of drug-likeness (QED) is 0.838. The highest BCUT2D eigenvalue weighted by Gasteiger charge is 2.31. The predicted octanol–water partition coefficient (Wildman–Crippen LogP) is 2.06. The Labute approximate surface area is 146 Å². The first-order chi connectivity index (χ1) is 12.0. The van der Waals surface area contributed by atoms with Gasteiger partial charge in [0.05, 0.1) is 32.1 Å². The molecule has 0 fully saturated rings. The lowest BCUT2D eigenvalue weighted by atomic mass is 10.1. The molecular weight excluding hydrogens is 344 g/mol. The summed E-state index contributed by atoms with van der Waals surface area (Å²) < 4.78 is 37.0. The van der Waals surface area contributed by atoms with Crippen LogP contribution in [0.15, 0.2) is 47.4 Å². The average Bonchev–Trinajstić information content (AvgIpc) is 2.63. The number of hydrogen-bond donors (Lipinski definition) is 1. The first-order valence-corrected chi connectivity index (χ1v) is 8.99. The van der Waals surface area contributed by atoms with E-state index in [1.54, 1.807) is 42.5 Å². The Morgan fingerprint density at radius 1 is 1.20 bits per heavy atom. The van der Waals surface area contributed by atoms with E-state index in [-0.39, 0.29) is 18.1 Å². The van der Waals surface area contributed by atoms with Crippen LogP contribution in [-0.4, -0.2) is 39.6 Å². The lowest BCUT2D eigenvalue weighted by Crippen LogP contribution is -2.39. The molecule has 0 spiro atoms. The molecule has 0 atom stereocenters. The molecule has 132 valence electrons. The fourth-order valence-corrected chi connectivity index (χ4v) is 4.20. The van der Waals surface area contributed by atoms with Gasteiger partial charge in [0.15, 0.2) is 0 Å². The van der Waals surface area contributed by atoms with Crippen LogP contribution in [0.3, 0.4) is 0 Å². The van der Waals surface area contributed by atoms with Gasteiger partial charge in [-0.1, -0.05) is 12.1 Å². The Hall–Kier alpha value is -2.58. The van der Waals surface area contributed by atoms with Crippen molar-refractivity contribution < 1.29 is 22.7 Å². The van der Waals surface area contributed by atoms with Crippen molar-refractivity contribution in [1.82, 2.24) is 4.31 Å². The molecule has 1 aliphatic heterocycles. The van der Waals surface area contributed by atoms with Gasteiger partial charge < -0.3 is 14.8 Å². The second-order valence-electron chi connectivity index (χ2n) is 5.46. The predicted molar refractivity (Wildman–Crippen MR) is 92.0 cm³/mol. The van der Waals surface area contributed by atoms with Gasteiger partial charge in [-0.05, 0) is 30.3 Å². The van der Waals surface area contributed by atoms with Gasteiger partial charge in [-0.2, -0.15) is 4.31 Å². The maximum Gasteiger partial charge on any atom is 0.337 e. The fourth-order valence-electron chi connectivity index (χ4n) is 2.71. The first kappa shape index (κ1) is 17.2. The summed E-state index contributed by atoms with van der Waals surface area (Å²) in [6.45, 7) is 0.197. The van der Waals surface area contributed by atoms with Crippen LogP contribution < -0.4 is 10.1 Å². The molecule has 25 heavy (non-hydrogen) atoms. The van der Waals surface area contributed by atoms with Crippen molar-refractivity contribution in [3.63, 3.8) is 0 Å². The van der Waals surface area contributed by atoms with E-state index >= 15 is 0 Å². The molecule has 7 nitrogen and oxygen atoms in total. The number of fused-ring (bicyclic) bond motifs is 1. The summed E-state index contributed by atoms with van der Waals surface area (Å²) in [6.07, 6.45) is 0. The second-order valence-corrected chi connectivity index (χ2v) is 7.37. The van der Waals surface area contributed by atoms with Gasteiger partial charge in [-0.15, -0.1) is 0 Å². The molecular formula is C17H18N2O5S. The number of carbonyl (C=O) groups excluding carboxylic acids is 1. The third kappa shape index (κ3) is 3.18. The molecule has 1 aliphatic rings. The summed E-state index contributed by atoms with van der Waals surface area (Å²) in [4.78, 5) is 12.0. The van der Waals surface area contributed by atoms with Crippen molar-refractivity contribution >= 4 is 21.7 Å². The van der Waals surface area contributed by atoms with Gasteiger partial charge in [-0.25, -0.2) is 13.2 Å².